The molecular formula is C23H25NSi. The van der Waals surface area contributed by atoms with Gasteiger partial charge in [0.05, 0.1) is 13.8 Å². The summed E-state index contributed by atoms with van der Waals surface area (Å²) in [6.45, 7) is 4.82. The van der Waals surface area contributed by atoms with E-state index in [0.29, 0.717) is 0 Å². The Morgan fingerprint density at radius 3 is 2.20 bits per heavy atom. The van der Waals surface area contributed by atoms with Crippen LogP contribution in [0, 0.1) is 6.92 Å². The Hall–Kier alpha value is -2.19. The second-order valence-electron chi connectivity index (χ2n) is 7.60. The van der Waals surface area contributed by atoms with Gasteiger partial charge in [-0.05, 0) is 40.9 Å². The molecule has 3 aromatic rings. The summed E-state index contributed by atoms with van der Waals surface area (Å²) in [5.41, 5.74) is 6.23. The molecule has 0 unspecified atom stereocenters. The normalized spacial score (nSPS) is 16.1. The highest BCUT2D eigenvalue weighted by molar-refractivity contribution is 6.91. The van der Waals surface area contributed by atoms with Gasteiger partial charge >= 0.3 is 0 Å². The fourth-order valence-electron chi connectivity index (χ4n) is 4.26. The zero-order valence-corrected chi connectivity index (χ0v) is 16.1. The maximum Gasteiger partial charge on any atom is 0.0860 e. The molecule has 1 fully saturated rings. The number of pyridine rings is 1. The second kappa shape index (κ2) is 6.60. The predicted molar refractivity (Wildman–Crippen MR) is 110 cm³/mol. The van der Waals surface area contributed by atoms with Crippen molar-refractivity contribution in [1.29, 1.82) is 0 Å². The van der Waals surface area contributed by atoms with Gasteiger partial charge in [-0.15, -0.1) is 0 Å². The third-order valence-electron chi connectivity index (χ3n) is 5.73. The van der Waals surface area contributed by atoms with Crippen molar-refractivity contribution < 1.29 is 0 Å². The standard InChI is InChI=1S/C23H25NSi/c1-18-15-22(24-17-23(18)25(2)13-6-7-14-25)21-12-8-11-20(16-21)19-9-4-3-5-10-19/h3-5,8-12,15-17H,6-7,13-14H2,1-2H3. The van der Waals surface area contributed by atoms with Gasteiger partial charge in [-0.2, -0.15) is 0 Å². The fourth-order valence-corrected chi connectivity index (χ4v) is 8.51. The minimum Gasteiger partial charge on any atom is -0.256 e. The summed E-state index contributed by atoms with van der Waals surface area (Å²) in [6, 6.07) is 24.5. The van der Waals surface area contributed by atoms with E-state index in [4.69, 9.17) is 4.98 Å². The number of aromatic nitrogens is 1. The Bertz CT molecular complexity index is 880. The third kappa shape index (κ3) is 3.19. The topological polar surface area (TPSA) is 12.9 Å². The van der Waals surface area contributed by atoms with Crippen molar-refractivity contribution in [3.8, 4) is 22.4 Å². The number of rotatable bonds is 3. The molecule has 126 valence electrons. The molecule has 0 spiro atoms. The molecule has 1 nitrogen and oxygen atoms in total. The molecule has 1 aliphatic heterocycles. The number of hydrogen-bond donors (Lipinski definition) is 0. The molecule has 0 aliphatic carbocycles. The monoisotopic (exact) mass is 343 g/mol. The second-order valence-corrected chi connectivity index (χ2v) is 12.3. The van der Waals surface area contributed by atoms with Crippen molar-refractivity contribution in [1.82, 2.24) is 4.98 Å². The van der Waals surface area contributed by atoms with Gasteiger partial charge < -0.3 is 0 Å². The minimum absolute atomic E-state index is 1.09. The van der Waals surface area contributed by atoms with Crippen molar-refractivity contribution in [3.05, 3.63) is 72.4 Å². The highest BCUT2D eigenvalue weighted by Gasteiger charge is 2.34. The summed E-state index contributed by atoms with van der Waals surface area (Å²) in [7, 11) is -1.26. The first-order chi connectivity index (χ1) is 12.2. The molecule has 0 bridgehead atoms. The molecule has 1 aliphatic rings. The van der Waals surface area contributed by atoms with E-state index in [9.17, 15) is 0 Å². The molecule has 0 saturated carbocycles. The lowest BCUT2D eigenvalue weighted by Gasteiger charge is -2.23. The van der Waals surface area contributed by atoms with E-state index < -0.39 is 8.07 Å². The Kier molecular flexibility index (Phi) is 4.30. The third-order valence-corrected chi connectivity index (χ3v) is 10.5. The summed E-state index contributed by atoms with van der Waals surface area (Å²) in [4.78, 5) is 4.87. The van der Waals surface area contributed by atoms with E-state index in [1.807, 2.05) is 0 Å². The van der Waals surface area contributed by atoms with Crippen LogP contribution >= 0.6 is 0 Å². The molecule has 4 rings (SSSR count). The number of benzene rings is 2. The van der Waals surface area contributed by atoms with E-state index in [2.05, 4.69) is 80.3 Å². The van der Waals surface area contributed by atoms with Gasteiger partial charge in [-0.1, -0.05) is 80.0 Å². The largest absolute Gasteiger partial charge is 0.256 e. The zero-order chi connectivity index (χ0) is 17.3. The Balaban J connectivity index is 1.70. The first-order valence-corrected chi connectivity index (χ1v) is 12.2. The van der Waals surface area contributed by atoms with Crippen LogP contribution in [0.2, 0.25) is 18.6 Å². The summed E-state index contributed by atoms with van der Waals surface area (Å²) < 4.78 is 0. The first kappa shape index (κ1) is 16.3. The van der Waals surface area contributed by atoms with Crippen LogP contribution < -0.4 is 5.19 Å². The lowest BCUT2D eigenvalue weighted by molar-refractivity contribution is 0.935. The summed E-state index contributed by atoms with van der Waals surface area (Å²) in [6.07, 6.45) is 5.00. The van der Waals surface area contributed by atoms with Crippen LogP contribution in [0.3, 0.4) is 0 Å². The lowest BCUT2D eigenvalue weighted by atomic mass is 10.0. The van der Waals surface area contributed by atoms with Crippen molar-refractivity contribution in [2.45, 2.75) is 38.4 Å². The average molecular weight is 344 g/mol. The van der Waals surface area contributed by atoms with Crippen LogP contribution in [-0.2, 0) is 0 Å². The molecule has 0 amide bonds. The number of nitrogens with zero attached hydrogens (tertiary/aromatic N) is 1. The van der Waals surface area contributed by atoms with E-state index >= 15 is 0 Å². The minimum atomic E-state index is -1.26. The van der Waals surface area contributed by atoms with Crippen molar-refractivity contribution in [2.24, 2.45) is 0 Å². The Morgan fingerprint density at radius 2 is 1.48 bits per heavy atom. The van der Waals surface area contributed by atoms with Crippen LogP contribution in [-0.4, -0.2) is 13.1 Å². The van der Waals surface area contributed by atoms with Crippen molar-refractivity contribution in [2.75, 3.05) is 0 Å². The SMILES string of the molecule is Cc1cc(-c2cccc(-c3ccccc3)c2)ncc1[Si]1(C)CCCC1. The first-order valence-electron chi connectivity index (χ1n) is 9.29. The molecule has 2 heteroatoms. The van der Waals surface area contributed by atoms with Gasteiger partial charge in [0, 0.05) is 11.8 Å². The molecule has 1 saturated heterocycles. The molecule has 25 heavy (non-hydrogen) atoms. The van der Waals surface area contributed by atoms with Gasteiger partial charge in [0.15, 0.2) is 0 Å². The number of aryl methyl sites for hydroxylation is 1. The molecular weight excluding hydrogens is 318 g/mol. The van der Waals surface area contributed by atoms with Crippen molar-refractivity contribution in [3.63, 3.8) is 0 Å². The molecule has 2 heterocycles. The van der Waals surface area contributed by atoms with Gasteiger partial charge in [0.1, 0.15) is 0 Å². The highest BCUT2D eigenvalue weighted by Crippen LogP contribution is 2.31. The van der Waals surface area contributed by atoms with Crippen LogP contribution in [0.25, 0.3) is 22.4 Å². The van der Waals surface area contributed by atoms with Crippen LogP contribution in [0.4, 0.5) is 0 Å². The maximum atomic E-state index is 4.87. The molecule has 1 aromatic heterocycles. The zero-order valence-electron chi connectivity index (χ0n) is 15.1. The van der Waals surface area contributed by atoms with Gasteiger partial charge in [0.2, 0.25) is 0 Å². The highest BCUT2D eigenvalue weighted by atomic mass is 28.3. The average Bonchev–Trinajstić information content (AvgIpc) is 3.10. The fraction of sp³-hybridized carbons (Fsp3) is 0.261. The molecule has 2 aromatic carbocycles. The molecule has 0 atom stereocenters. The van der Waals surface area contributed by atoms with Crippen LogP contribution in [0.5, 0.6) is 0 Å². The van der Waals surface area contributed by atoms with Gasteiger partial charge in [-0.3, -0.25) is 4.98 Å². The molecule has 0 radical (unpaired) electrons. The summed E-state index contributed by atoms with van der Waals surface area (Å²) >= 11 is 0. The van der Waals surface area contributed by atoms with Crippen LogP contribution in [0.1, 0.15) is 18.4 Å². The predicted octanol–water partition coefficient (Wildman–Crippen LogP) is 5.80. The van der Waals surface area contributed by atoms with Gasteiger partial charge in [-0.25, -0.2) is 0 Å². The van der Waals surface area contributed by atoms with E-state index in [1.165, 1.54) is 47.2 Å². The lowest BCUT2D eigenvalue weighted by Crippen LogP contribution is -2.43. The summed E-state index contributed by atoms with van der Waals surface area (Å²) in [5.74, 6) is 0. The Labute approximate surface area is 151 Å². The van der Waals surface area contributed by atoms with E-state index in [0.717, 1.165) is 5.69 Å². The Morgan fingerprint density at radius 1 is 0.800 bits per heavy atom. The summed E-state index contributed by atoms with van der Waals surface area (Å²) in [5, 5.41) is 1.58. The van der Waals surface area contributed by atoms with E-state index in [1.54, 1.807) is 5.19 Å². The number of hydrogen-bond acceptors (Lipinski definition) is 1. The van der Waals surface area contributed by atoms with Crippen molar-refractivity contribution >= 4 is 13.3 Å². The molecule has 0 N–H and O–H groups in total. The van der Waals surface area contributed by atoms with Gasteiger partial charge in [0.25, 0.3) is 0 Å². The maximum absolute atomic E-state index is 4.87. The van der Waals surface area contributed by atoms with E-state index in [-0.39, 0.29) is 0 Å². The smallest absolute Gasteiger partial charge is 0.0860 e. The van der Waals surface area contributed by atoms with Crippen LogP contribution in [0.15, 0.2) is 66.9 Å². The quantitative estimate of drug-likeness (QED) is 0.547.